The topological polar surface area (TPSA) is 87.8 Å². The van der Waals surface area contributed by atoms with Gasteiger partial charge in [0.15, 0.2) is 5.69 Å². The number of carbonyl (C=O) groups excluding carboxylic acids is 1. The number of nitriles is 1. The van der Waals surface area contributed by atoms with Crippen molar-refractivity contribution in [3.8, 4) is 22.9 Å². The Morgan fingerprint density at radius 2 is 1.43 bits per heavy atom. The minimum atomic E-state index is -0.584. The summed E-state index contributed by atoms with van der Waals surface area (Å²) in [7, 11) is 0. The van der Waals surface area contributed by atoms with Gasteiger partial charge in [0.1, 0.15) is 11.6 Å². The molecule has 4 aromatic rings. The maximum atomic E-state index is 13.2. The monoisotopic (exact) mass is 392 g/mol. The van der Waals surface area contributed by atoms with E-state index in [1.165, 1.54) is 0 Å². The summed E-state index contributed by atoms with van der Waals surface area (Å²) in [4.78, 5) is 26.2. The number of nitrogens with zero attached hydrogens (tertiary/aromatic N) is 3. The van der Waals surface area contributed by atoms with E-state index in [0.29, 0.717) is 16.9 Å². The van der Waals surface area contributed by atoms with Crippen LogP contribution in [0.15, 0.2) is 95.8 Å². The Morgan fingerprint density at radius 1 is 0.867 bits per heavy atom. The third-order valence-electron chi connectivity index (χ3n) is 4.51. The van der Waals surface area contributed by atoms with E-state index < -0.39 is 11.5 Å². The van der Waals surface area contributed by atoms with Crippen LogP contribution in [0.25, 0.3) is 16.8 Å². The van der Waals surface area contributed by atoms with Crippen LogP contribution in [0.4, 0.5) is 5.69 Å². The van der Waals surface area contributed by atoms with E-state index in [0.717, 1.165) is 4.68 Å². The number of anilines is 1. The fourth-order valence-corrected chi connectivity index (χ4v) is 3.13. The molecule has 0 radical (unpaired) electrons. The predicted octanol–water partition coefficient (Wildman–Crippen LogP) is 4.02. The highest BCUT2D eigenvalue weighted by molar-refractivity contribution is 6.07. The van der Waals surface area contributed by atoms with Gasteiger partial charge in [-0.2, -0.15) is 15.0 Å². The molecule has 0 bridgehead atoms. The molecular formula is C24H16N4O2. The van der Waals surface area contributed by atoms with Crippen LogP contribution >= 0.6 is 0 Å². The molecule has 0 saturated carbocycles. The van der Waals surface area contributed by atoms with Crippen molar-refractivity contribution in [2.24, 2.45) is 0 Å². The zero-order valence-electron chi connectivity index (χ0n) is 15.8. The van der Waals surface area contributed by atoms with Gasteiger partial charge in [-0.15, -0.1) is 0 Å². The van der Waals surface area contributed by atoms with Crippen molar-refractivity contribution in [2.45, 2.75) is 0 Å². The van der Waals surface area contributed by atoms with Crippen molar-refractivity contribution in [3.05, 3.63) is 113 Å². The van der Waals surface area contributed by atoms with E-state index in [9.17, 15) is 14.9 Å². The first kappa shape index (κ1) is 18.8. The van der Waals surface area contributed by atoms with Crippen LogP contribution < -0.4 is 10.9 Å². The Hall–Kier alpha value is -4.50. The molecule has 0 aliphatic carbocycles. The van der Waals surface area contributed by atoms with Crippen molar-refractivity contribution in [1.29, 1.82) is 5.26 Å². The number of hydrogen-bond acceptors (Lipinski definition) is 4. The maximum Gasteiger partial charge on any atom is 0.290 e. The highest BCUT2D eigenvalue weighted by Gasteiger charge is 2.24. The normalized spacial score (nSPS) is 10.2. The number of hydrogen-bond donors (Lipinski definition) is 1. The molecule has 6 heteroatoms. The highest BCUT2D eigenvalue weighted by Crippen LogP contribution is 2.25. The number of carbonyl (C=O) groups is 1. The number of benzene rings is 3. The van der Waals surface area contributed by atoms with Crippen LogP contribution in [0.2, 0.25) is 0 Å². The molecule has 1 N–H and O–H groups in total. The lowest BCUT2D eigenvalue weighted by molar-refractivity contribution is 0.102. The van der Waals surface area contributed by atoms with Gasteiger partial charge in [0, 0.05) is 11.3 Å². The Kier molecular flexibility index (Phi) is 5.18. The van der Waals surface area contributed by atoms with Crippen LogP contribution in [0.1, 0.15) is 16.1 Å². The van der Waals surface area contributed by atoms with Crippen LogP contribution in [-0.2, 0) is 0 Å². The quantitative estimate of drug-likeness (QED) is 0.568. The van der Waals surface area contributed by atoms with Gasteiger partial charge in [-0.1, -0.05) is 66.7 Å². The number of aromatic nitrogens is 2. The molecule has 144 valence electrons. The molecular weight excluding hydrogens is 376 g/mol. The van der Waals surface area contributed by atoms with Gasteiger partial charge < -0.3 is 5.32 Å². The van der Waals surface area contributed by atoms with Crippen molar-refractivity contribution < 1.29 is 4.79 Å². The summed E-state index contributed by atoms with van der Waals surface area (Å²) in [5.74, 6) is -0.513. The fraction of sp³-hybridized carbons (Fsp3) is 0. The zero-order chi connectivity index (χ0) is 20.9. The second-order valence-electron chi connectivity index (χ2n) is 6.45. The third-order valence-corrected chi connectivity index (χ3v) is 4.51. The van der Waals surface area contributed by atoms with Gasteiger partial charge in [0.25, 0.3) is 11.5 Å². The smallest absolute Gasteiger partial charge is 0.290 e. The summed E-state index contributed by atoms with van der Waals surface area (Å²) in [6.07, 6.45) is 0. The predicted molar refractivity (Wildman–Crippen MR) is 114 cm³/mol. The molecule has 4 rings (SSSR count). The third kappa shape index (κ3) is 3.60. The van der Waals surface area contributed by atoms with E-state index in [1.54, 1.807) is 78.9 Å². The first-order valence-corrected chi connectivity index (χ1v) is 9.23. The van der Waals surface area contributed by atoms with E-state index in [-0.39, 0.29) is 16.8 Å². The summed E-state index contributed by atoms with van der Waals surface area (Å²) in [5.41, 5.74) is 1.09. The molecule has 6 nitrogen and oxygen atoms in total. The second-order valence-corrected chi connectivity index (χ2v) is 6.45. The summed E-state index contributed by atoms with van der Waals surface area (Å²) in [6.45, 7) is 0. The lowest BCUT2D eigenvalue weighted by atomic mass is 9.99. The van der Waals surface area contributed by atoms with Crippen molar-refractivity contribution >= 4 is 11.6 Å². The van der Waals surface area contributed by atoms with Crippen molar-refractivity contribution in [3.63, 3.8) is 0 Å². The molecule has 3 aromatic carbocycles. The lowest BCUT2D eigenvalue weighted by Crippen LogP contribution is -2.29. The Balaban J connectivity index is 1.97. The molecule has 0 aliphatic heterocycles. The summed E-state index contributed by atoms with van der Waals surface area (Å²) >= 11 is 0. The second kappa shape index (κ2) is 8.25. The molecule has 30 heavy (non-hydrogen) atoms. The molecule has 0 unspecified atom stereocenters. The average molecular weight is 392 g/mol. The van der Waals surface area contributed by atoms with Crippen LogP contribution in [0, 0.1) is 11.3 Å². The van der Waals surface area contributed by atoms with Gasteiger partial charge in [-0.25, -0.2) is 0 Å². The Labute approximate surface area is 172 Å². The number of para-hydroxylation sites is 2. The molecule has 0 atom stereocenters. The molecule has 0 spiro atoms. The SMILES string of the molecule is N#Cc1c(-c2ccccc2)c(C(=O)Nc2ccccc2)nn(-c2ccccc2)c1=O. The van der Waals surface area contributed by atoms with Crippen LogP contribution in [0.3, 0.4) is 0 Å². The van der Waals surface area contributed by atoms with Crippen LogP contribution in [0.5, 0.6) is 0 Å². The molecule has 1 aromatic heterocycles. The highest BCUT2D eigenvalue weighted by atomic mass is 16.2. The fourth-order valence-electron chi connectivity index (χ4n) is 3.13. The zero-order valence-corrected chi connectivity index (χ0v) is 15.8. The van der Waals surface area contributed by atoms with E-state index in [2.05, 4.69) is 10.4 Å². The summed E-state index contributed by atoms with van der Waals surface area (Å²) in [5, 5.41) is 17.0. The summed E-state index contributed by atoms with van der Waals surface area (Å²) in [6, 6.07) is 28.5. The Bertz CT molecular complexity index is 1290. The molecule has 1 amide bonds. The maximum absolute atomic E-state index is 13.2. The van der Waals surface area contributed by atoms with E-state index in [1.807, 2.05) is 18.2 Å². The average Bonchev–Trinajstić information content (AvgIpc) is 2.80. The van der Waals surface area contributed by atoms with Gasteiger partial charge >= 0.3 is 0 Å². The van der Waals surface area contributed by atoms with Gasteiger partial charge in [-0.3, -0.25) is 9.59 Å². The Morgan fingerprint density at radius 3 is 2.03 bits per heavy atom. The molecule has 1 heterocycles. The van der Waals surface area contributed by atoms with E-state index in [4.69, 9.17) is 0 Å². The number of rotatable bonds is 4. The molecule has 0 fully saturated rings. The van der Waals surface area contributed by atoms with E-state index >= 15 is 0 Å². The molecule has 0 aliphatic rings. The number of nitrogens with one attached hydrogen (secondary N) is 1. The van der Waals surface area contributed by atoms with Gasteiger partial charge in [-0.05, 0) is 29.8 Å². The summed E-state index contributed by atoms with van der Waals surface area (Å²) < 4.78 is 1.09. The van der Waals surface area contributed by atoms with Gasteiger partial charge in [0.2, 0.25) is 0 Å². The standard InChI is InChI=1S/C24H16N4O2/c25-16-20-21(17-10-4-1-5-11-17)22(23(29)26-18-12-6-2-7-13-18)27-28(24(20)30)19-14-8-3-9-15-19/h1-15H,(H,26,29). The lowest BCUT2D eigenvalue weighted by Gasteiger charge is -2.14. The first-order chi connectivity index (χ1) is 14.7. The van der Waals surface area contributed by atoms with Crippen molar-refractivity contribution in [2.75, 3.05) is 5.32 Å². The molecule has 0 saturated heterocycles. The number of amides is 1. The first-order valence-electron chi connectivity index (χ1n) is 9.23. The minimum absolute atomic E-state index is 0.00921. The van der Waals surface area contributed by atoms with Crippen LogP contribution in [-0.4, -0.2) is 15.7 Å². The largest absolute Gasteiger partial charge is 0.321 e. The minimum Gasteiger partial charge on any atom is -0.321 e. The van der Waals surface area contributed by atoms with Gasteiger partial charge in [0.05, 0.1) is 5.69 Å². The van der Waals surface area contributed by atoms with Crippen molar-refractivity contribution in [1.82, 2.24) is 9.78 Å².